The Kier molecular flexibility index (Phi) is 5.31. The summed E-state index contributed by atoms with van der Waals surface area (Å²) in [6, 6.07) is 6.37. The number of ether oxygens (including phenoxy) is 1. The van der Waals surface area contributed by atoms with Gasteiger partial charge in [0, 0.05) is 26.3 Å². The van der Waals surface area contributed by atoms with Crippen LogP contribution < -0.4 is 11.1 Å². The first kappa shape index (κ1) is 15.9. The van der Waals surface area contributed by atoms with Crippen LogP contribution in [0.3, 0.4) is 0 Å². The first-order chi connectivity index (χ1) is 10.1. The topological polar surface area (TPSA) is 64.4 Å². The zero-order chi connectivity index (χ0) is 15.3. The zero-order valence-electron chi connectivity index (χ0n) is 12.4. The van der Waals surface area contributed by atoms with Crippen molar-refractivity contribution in [2.24, 2.45) is 11.1 Å². The quantitative estimate of drug-likeness (QED) is 0.870. The molecule has 0 aliphatic carbocycles. The van der Waals surface area contributed by atoms with Crippen molar-refractivity contribution in [2.75, 3.05) is 26.3 Å². The zero-order valence-corrected chi connectivity index (χ0v) is 12.4. The van der Waals surface area contributed by atoms with Gasteiger partial charge < -0.3 is 15.8 Å². The van der Waals surface area contributed by atoms with E-state index in [1.807, 2.05) is 6.92 Å². The van der Waals surface area contributed by atoms with Gasteiger partial charge in [0.1, 0.15) is 5.82 Å². The lowest BCUT2D eigenvalue weighted by molar-refractivity contribution is -0.135. The van der Waals surface area contributed by atoms with E-state index in [0.29, 0.717) is 39.1 Å². The molecule has 1 heterocycles. The number of nitrogens with two attached hydrogens (primary N) is 1. The van der Waals surface area contributed by atoms with Gasteiger partial charge in [-0.3, -0.25) is 4.79 Å². The fourth-order valence-electron chi connectivity index (χ4n) is 2.63. The first-order valence-corrected chi connectivity index (χ1v) is 7.39. The highest BCUT2D eigenvalue weighted by Gasteiger charge is 2.38. The summed E-state index contributed by atoms with van der Waals surface area (Å²) in [7, 11) is 0. The molecule has 1 atom stereocenters. The SMILES string of the molecule is CC(CNC(=O)C1(CN)CCOCC1)c1ccc(F)cc1. The van der Waals surface area contributed by atoms with Crippen LogP contribution in [0.2, 0.25) is 0 Å². The summed E-state index contributed by atoms with van der Waals surface area (Å²) >= 11 is 0. The van der Waals surface area contributed by atoms with Gasteiger partial charge >= 0.3 is 0 Å². The van der Waals surface area contributed by atoms with Gasteiger partial charge in [-0.15, -0.1) is 0 Å². The van der Waals surface area contributed by atoms with Gasteiger partial charge in [-0.05, 0) is 36.5 Å². The molecule has 116 valence electrons. The molecule has 1 fully saturated rings. The van der Waals surface area contributed by atoms with E-state index in [1.54, 1.807) is 12.1 Å². The molecule has 21 heavy (non-hydrogen) atoms. The largest absolute Gasteiger partial charge is 0.381 e. The molecule has 5 heteroatoms. The van der Waals surface area contributed by atoms with Crippen molar-refractivity contribution in [3.05, 3.63) is 35.6 Å². The highest BCUT2D eigenvalue weighted by molar-refractivity contribution is 5.83. The molecular weight excluding hydrogens is 271 g/mol. The number of hydrogen-bond acceptors (Lipinski definition) is 3. The highest BCUT2D eigenvalue weighted by Crippen LogP contribution is 2.29. The van der Waals surface area contributed by atoms with E-state index in [4.69, 9.17) is 10.5 Å². The maximum Gasteiger partial charge on any atom is 0.227 e. The third-order valence-electron chi connectivity index (χ3n) is 4.33. The van der Waals surface area contributed by atoms with Crippen molar-refractivity contribution < 1.29 is 13.9 Å². The summed E-state index contributed by atoms with van der Waals surface area (Å²) in [6.45, 7) is 4.03. The van der Waals surface area contributed by atoms with Gasteiger partial charge in [-0.2, -0.15) is 0 Å². The Bertz CT molecular complexity index is 470. The molecule has 1 saturated heterocycles. The molecule has 1 unspecified atom stereocenters. The first-order valence-electron chi connectivity index (χ1n) is 7.39. The summed E-state index contributed by atoms with van der Waals surface area (Å²) in [4.78, 5) is 12.4. The summed E-state index contributed by atoms with van der Waals surface area (Å²) in [6.07, 6.45) is 1.33. The van der Waals surface area contributed by atoms with E-state index in [1.165, 1.54) is 12.1 Å². The predicted molar refractivity (Wildman–Crippen MR) is 79.4 cm³/mol. The third-order valence-corrected chi connectivity index (χ3v) is 4.33. The normalized spacial score (nSPS) is 19.0. The van der Waals surface area contributed by atoms with E-state index in [0.717, 1.165) is 5.56 Å². The maximum absolute atomic E-state index is 12.9. The van der Waals surface area contributed by atoms with Crippen LogP contribution in [-0.2, 0) is 9.53 Å². The summed E-state index contributed by atoms with van der Waals surface area (Å²) in [5.41, 5.74) is 6.32. The minimum atomic E-state index is -0.499. The number of halogens is 1. The molecule has 1 amide bonds. The van der Waals surface area contributed by atoms with Crippen LogP contribution in [0, 0.1) is 11.2 Å². The van der Waals surface area contributed by atoms with Crippen LogP contribution in [0.5, 0.6) is 0 Å². The van der Waals surface area contributed by atoms with Crippen molar-refractivity contribution in [3.63, 3.8) is 0 Å². The van der Waals surface area contributed by atoms with Crippen molar-refractivity contribution in [1.82, 2.24) is 5.32 Å². The second-order valence-electron chi connectivity index (χ2n) is 5.76. The minimum absolute atomic E-state index is 0.00209. The van der Waals surface area contributed by atoms with Crippen molar-refractivity contribution in [2.45, 2.75) is 25.7 Å². The number of rotatable bonds is 5. The van der Waals surface area contributed by atoms with Gasteiger partial charge in [0.25, 0.3) is 0 Å². The molecular formula is C16H23FN2O2. The average Bonchev–Trinajstić information content (AvgIpc) is 2.53. The Morgan fingerprint density at radius 1 is 1.38 bits per heavy atom. The fraction of sp³-hybridized carbons (Fsp3) is 0.562. The molecule has 3 N–H and O–H groups in total. The second kappa shape index (κ2) is 7.00. The molecule has 1 aliphatic rings. The number of nitrogens with one attached hydrogen (secondary N) is 1. The molecule has 0 aromatic heterocycles. The number of hydrogen-bond donors (Lipinski definition) is 2. The number of amides is 1. The van der Waals surface area contributed by atoms with Crippen LogP contribution in [0.4, 0.5) is 4.39 Å². The molecule has 1 aromatic carbocycles. The lowest BCUT2D eigenvalue weighted by Crippen LogP contribution is -2.49. The Morgan fingerprint density at radius 3 is 2.57 bits per heavy atom. The summed E-state index contributed by atoms with van der Waals surface area (Å²) in [5.74, 6) is -0.120. The molecule has 4 nitrogen and oxygen atoms in total. The van der Waals surface area contributed by atoms with Crippen molar-refractivity contribution in [1.29, 1.82) is 0 Å². The van der Waals surface area contributed by atoms with E-state index in [9.17, 15) is 9.18 Å². The standard InChI is InChI=1S/C16H23FN2O2/c1-12(13-2-4-14(17)5-3-13)10-19-15(20)16(11-18)6-8-21-9-7-16/h2-5,12H,6-11,18H2,1H3,(H,19,20). The van der Waals surface area contributed by atoms with E-state index in [2.05, 4.69) is 5.32 Å². The van der Waals surface area contributed by atoms with Gasteiger partial charge in [-0.25, -0.2) is 4.39 Å². The Hall–Kier alpha value is -1.46. The van der Waals surface area contributed by atoms with Crippen LogP contribution in [0.25, 0.3) is 0 Å². The van der Waals surface area contributed by atoms with Crippen LogP contribution in [-0.4, -0.2) is 32.2 Å². The van der Waals surface area contributed by atoms with Crippen molar-refractivity contribution >= 4 is 5.91 Å². The van der Waals surface area contributed by atoms with Crippen LogP contribution in [0.1, 0.15) is 31.2 Å². The lowest BCUT2D eigenvalue weighted by atomic mass is 9.79. The highest BCUT2D eigenvalue weighted by atomic mass is 19.1. The summed E-state index contributed by atoms with van der Waals surface area (Å²) < 4.78 is 18.2. The van der Waals surface area contributed by atoms with Gasteiger partial charge in [0.15, 0.2) is 0 Å². The minimum Gasteiger partial charge on any atom is -0.381 e. The molecule has 0 radical (unpaired) electrons. The lowest BCUT2D eigenvalue weighted by Gasteiger charge is -2.34. The third kappa shape index (κ3) is 3.80. The number of carbonyl (C=O) groups excluding carboxylic acids is 1. The Morgan fingerprint density at radius 2 is 2.00 bits per heavy atom. The predicted octanol–water partition coefficient (Wildman–Crippen LogP) is 1.80. The van der Waals surface area contributed by atoms with Gasteiger partial charge in [0.05, 0.1) is 5.41 Å². The molecule has 0 bridgehead atoms. The Balaban J connectivity index is 1.92. The monoisotopic (exact) mass is 294 g/mol. The van der Waals surface area contributed by atoms with Crippen molar-refractivity contribution in [3.8, 4) is 0 Å². The molecule has 0 spiro atoms. The second-order valence-corrected chi connectivity index (χ2v) is 5.76. The number of carbonyl (C=O) groups is 1. The fourth-order valence-corrected chi connectivity index (χ4v) is 2.63. The summed E-state index contributed by atoms with van der Waals surface area (Å²) in [5, 5.41) is 2.99. The molecule has 1 aliphatic heterocycles. The molecule has 1 aromatic rings. The van der Waals surface area contributed by atoms with E-state index < -0.39 is 5.41 Å². The number of benzene rings is 1. The van der Waals surface area contributed by atoms with Crippen LogP contribution in [0.15, 0.2) is 24.3 Å². The Labute approximate surface area is 124 Å². The molecule has 0 saturated carbocycles. The van der Waals surface area contributed by atoms with E-state index in [-0.39, 0.29) is 17.6 Å². The average molecular weight is 294 g/mol. The smallest absolute Gasteiger partial charge is 0.227 e. The van der Waals surface area contributed by atoms with Gasteiger partial charge in [-0.1, -0.05) is 19.1 Å². The molecule has 2 rings (SSSR count). The maximum atomic E-state index is 12.9. The van der Waals surface area contributed by atoms with E-state index >= 15 is 0 Å². The van der Waals surface area contributed by atoms with Gasteiger partial charge in [0.2, 0.25) is 5.91 Å². The van der Waals surface area contributed by atoms with Crippen LogP contribution >= 0.6 is 0 Å².